The summed E-state index contributed by atoms with van der Waals surface area (Å²) in [4.78, 5) is 12.6. The van der Waals surface area contributed by atoms with Crippen LogP contribution >= 0.6 is 12.4 Å². The van der Waals surface area contributed by atoms with Crippen molar-refractivity contribution >= 4 is 34.0 Å². The summed E-state index contributed by atoms with van der Waals surface area (Å²) < 4.78 is 31.3. The van der Waals surface area contributed by atoms with Crippen molar-refractivity contribution in [3.63, 3.8) is 0 Å². The summed E-state index contributed by atoms with van der Waals surface area (Å²) in [5.41, 5.74) is 7.20. The lowest BCUT2D eigenvalue weighted by atomic mass is 10.1. The average Bonchev–Trinajstić information content (AvgIpc) is 2.63. The molecule has 0 aliphatic carbocycles. The fourth-order valence-corrected chi connectivity index (χ4v) is 3.17. The van der Waals surface area contributed by atoms with Crippen molar-refractivity contribution in [2.45, 2.75) is 18.4 Å². The Morgan fingerprint density at radius 1 is 1.15 bits per heavy atom. The summed E-state index contributed by atoms with van der Waals surface area (Å²) in [7, 11) is -0.733. The van der Waals surface area contributed by atoms with Gasteiger partial charge in [-0.1, -0.05) is 12.1 Å². The predicted molar refractivity (Wildman–Crippen MR) is 108 cm³/mol. The van der Waals surface area contributed by atoms with Gasteiger partial charge in [0.2, 0.25) is 10.0 Å². The zero-order valence-corrected chi connectivity index (χ0v) is 17.1. The first-order chi connectivity index (χ1) is 12.3. The Morgan fingerprint density at radius 3 is 2.30 bits per heavy atom. The summed E-state index contributed by atoms with van der Waals surface area (Å²) in [6.45, 7) is 2.58. The fraction of sp³-hybridized carbons (Fsp3) is 0.278. The first-order valence-corrected chi connectivity index (χ1v) is 9.53. The van der Waals surface area contributed by atoms with Crippen LogP contribution in [-0.4, -0.2) is 39.3 Å². The van der Waals surface area contributed by atoms with Crippen molar-refractivity contribution in [2.24, 2.45) is 5.73 Å². The molecular weight excluding hydrogens is 390 g/mol. The molecule has 1 amide bonds. The second-order valence-electron chi connectivity index (χ2n) is 5.73. The Morgan fingerprint density at radius 2 is 1.78 bits per heavy atom. The van der Waals surface area contributed by atoms with Gasteiger partial charge < -0.3 is 15.8 Å². The first-order valence-electron chi connectivity index (χ1n) is 8.09. The molecule has 2 aromatic rings. The number of halogens is 1. The van der Waals surface area contributed by atoms with Crippen LogP contribution in [0, 0.1) is 0 Å². The standard InChI is InChI=1S/C18H23N3O4S.ClH/c1-4-25-17-10-9-15(26(23,24)21(2)3)11-16(17)20-18(22)14-7-5-13(12-19)6-8-14;/h5-11H,4,12,19H2,1-3H3,(H,20,22);1H. The zero-order valence-electron chi connectivity index (χ0n) is 15.4. The quantitative estimate of drug-likeness (QED) is 0.725. The molecule has 148 valence electrons. The second-order valence-corrected chi connectivity index (χ2v) is 7.89. The number of nitrogens with zero attached hydrogens (tertiary/aromatic N) is 1. The zero-order chi connectivity index (χ0) is 19.3. The van der Waals surface area contributed by atoms with Crippen LogP contribution in [0.1, 0.15) is 22.8 Å². The van der Waals surface area contributed by atoms with Crippen LogP contribution in [0.4, 0.5) is 5.69 Å². The first kappa shape index (κ1) is 22.9. The van der Waals surface area contributed by atoms with Crippen molar-refractivity contribution in [2.75, 3.05) is 26.0 Å². The lowest BCUT2D eigenvalue weighted by molar-refractivity contribution is 0.102. The molecule has 0 radical (unpaired) electrons. The minimum absolute atomic E-state index is 0. The average molecular weight is 414 g/mol. The maximum atomic E-state index is 12.5. The van der Waals surface area contributed by atoms with Gasteiger partial charge >= 0.3 is 0 Å². The number of carbonyl (C=O) groups excluding carboxylic acids is 1. The Kier molecular flexibility index (Phi) is 8.23. The lowest BCUT2D eigenvalue weighted by Crippen LogP contribution is -2.22. The molecule has 0 saturated heterocycles. The summed E-state index contributed by atoms with van der Waals surface area (Å²) in [6, 6.07) is 11.2. The van der Waals surface area contributed by atoms with E-state index in [0.29, 0.717) is 30.2 Å². The number of sulfonamides is 1. The molecule has 0 spiro atoms. The normalized spacial score (nSPS) is 11.0. The number of nitrogens with one attached hydrogen (secondary N) is 1. The number of carbonyl (C=O) groups is 1. The van der Waals surface area contributed by atoms with Gasteiger partial charge in [-0.2, -0.15) is 0 Å². The summed E-state index contributed by atoms with van der Waals surface area (Å²) in [5, 5.41) is 2.72. The highest BCUT2D eigenvalue weighted by atomic mass is 35.5. The number of hydrogen-bond acceptors (Lipinski definition) is 5. The van der Waals surface area contributed by atoms with E-state index in [0.717, 1.165) is 9.87 Å². The van der Waals surface area contributed by atoms with Crippen molar-refractivity contribution in [3.05, 3.63) is 53.6 Å². The van der Waals surface area contributed by atoms with Gasteiger partial charge in [-0.25, -0.2) is 12.7 Å². The molecule has 0 aliphatic heterocycles. The predicted octanol–water partition coefficient (Wildman–Crippen LogP) is 2.47. The van der Waals surface area contributed by atoms with Crippen LogP contribution in [0.15, 0.2) is 47.4 Å². The van der Waals surface area contributed by atoms with E-state index >= 15 is 0 Å². The molecule has 2 rings (SSSR count). The Balaban J connectivity index is 0.00000364. The Bertz CT molecular complexity index is 884. The van der Waals surface area contributed by atoms with E-state index in [-0.39, 0.29) is 23.2 Å². The molecule has 0 saturated carbocycles. The molecule has 0 fully saturated rings. The SMILES string of the molecule is CCOc1ccc(S(=O)(=O)N(C)C)cc1NC(=O)c1ccc(CN)cc1.Cl. The maximum absolute atomic E-state index is 12.5. The number of rotatable bonds is 7. The van der Waals surface area contributed by atoms with Crippen molar-refractivity contribution in [1.82, 2.24) is 4.31 Å². The van der Waals surface area contributed by atoms with E-state index in [9.17, 15) is 13.2 Å². The van der Waals surface area contributed by atoms with Gasteiger partial charge in [0.15, 0.2) is 0 Å². The van der Waals surface area contributed by atoms with Crippen LogP contribution in [0.5, 0.6) is 5.75 Å². The van der Waals surface area contributed by atoms with Gasteiger partial charge in [-0.3, -0.25) is 4.79 Å². The van der Waals surface area contributed by atoms with Crippen molar-refractivity contribution in [1.29, 1.82) is 0 Å². The molecule has 9 heteroatoms. The van der Waals surface area contributed by atoms with E-state index in [2.05, 4.69) is 5.32 Å². The summed E-state index contributed by atoms with van der Waals surface area (Å²) in [6.07, 6.45) is 0. The molecule has 27 heavy (non-hydrogen) atoms. The van der Waals surface area contributed by atoms with Crippen LogP contribution < -0.4 is 15.8 Å². The van der Waals surface area contributed by atoms with Gasteiger partial charge in [0.25, 0.3) is 5.91 Å². The van der Waals surface area contributed by atoms with Gasteiger partial charge in [-0.05, 0) is 42.8 Å². The third-order valence-electron chi connectivity index (χ3n) is 3.73. The van der Waals surface area contributed by atoms with Crippen molar-refractivity contribution < 1.29 is 17.9 Å². The maximum Gasteiger partial charge on any atom is 0.255 e. The third-order valence-corrected chi connectivity index (χ3v) is 5.54. The second kappa shape index (κ2) is 9.70. The minimum atomic E-state index is -3.63. The topological polar surface area (TPSA) is 102 Å². The Labute approximate surface area is 166 Å². The van der Waals surface area contributed by atoms with E-state index in [1.165, 1.54) is 32.3 Å². The molecule has 0 unspecified atom stereocenters. The van der Waals surface area contributed by atoms with Crippen molar-refractivity contribution in [3.8, 4) is 5.75 Å². The molecule has 0 atom stereocenters. The number of benzene rings is 2. The van der Waals surface area contributed by atoms with Gasteiger partial charge in [-0.15, -0.1) is 12.4 Å². The smallest absolute Gasteiger partial charge is 0.255 e. The molecular formula is C18H24ClN3O4S. The van der Waals surface area contributed by atoms with E-state index in [4.69, 9.17) is 10.5 Å². The molecule has 0 aliphatic rings. The molecule has 0 bridgehead atoms. The lowest BCUT2D eigenvalue weighted by Gasteiger charge is -2.16. The largest absolute Gasteiger partial charge is 0.492 e. The highest BCUT2D eigenvalue weighted by Gasteiger charge is 2.20. The monoisotopic (exact) mass is 413 g/mol. The summed E-state index contributed by atoms with van der Waals surface area (Å²) in [5.74, 6) is 0.0334. The van der Waals surface area contributed by atoms with Crippen LogP contribution in [-0.2, 0) is 16.6 Å². The number of amides is 1. The van der Waals surface area contributed by atoms with Crippen LogP contribution in [0.2, 0.25) is 0 Å². The highest BCUT2D eigenvalue weighted by molar-refractivity contribution is 7.89. The van der Waals surface area contributed by atoms with E-state index < -0.39 is 10.0 Å². The van der Waals surface area contributed by atoms with Gasteiger partial charge in [0.1, 0.15) is 5.75 Å². The highest BCUT2D eigenvalue weighted by Crippen LogP contribution is 2.29. The molecule has 3 N–H and O–H groups in total. The van der Waals surface area contributed by atoms with Crippen LogP contribution in [0.3, 0.4) is 0 Å². The number of ether oxygens (including phenoxy) is 1. The number of hydrogen-bond donors (Lipinski definition) is 2. The number of anilines is 1. The summed E-state index contributed by atoms with van der Waals surface area (Å²) >= 11 is 0. The van der Waals surface area contributed by atoms with Gasteiger partial charge in [0.05, 0.1) is 17.2 Å². The van der Waals surface area contributed by atoms with E-state index in [1.54, 1.807) is 24.3 Å². The van der Waals surface area contributed by atoms with E-state index in [1.807, 2.05) is 6.92 Å². The molecule has 0 aromatic heterocycles. The fourth-order valence-electron chi connectivity index (χ4n) is 2.25. The molecule has 2 aromatic carbocycles. The Hall–Kier alpha value is -2.13. The third kappa shape index (κ3) is 5.43. The molecule has 7 nitrogen and oxygen atoms in total. The van der Waals surface area contributed by atoms with Gasteiger partial charge in [0, 0.05) is 26.2 Å². The minimum Gasteiger partial charge on any atom is -0.492 e. The number of nitrogens with two attached hydrogens (primary N) is 1. The van der Waals surface area contributed by atoms with Crippen LogP contribution in [0.25, 0.3) is 0 Å². The molecule has 0 heterocycles.